The van der Waals surface area contributed by atoms with E-state index in [2.05, 4.69) is 20.4 Å². The number of hydrogen-bond acceptors (Lipinski definition) is 4. The van der Waals surface area contributed by atoms with Crippen molar-refractivity contribution < 1.29 is 9.18 Å². The van der Waals surface area contributed by atoms with Gasteiger partial charge in [0.2, 0.25) is 0 Å². The van der Waals surface area contributed by atoms with Crippen molar-refractivity contribution >= 4 is 5.91 Å². The van der Waals surface area contributed by atoms with E-state index >= 15 is 0 Å². The maximum absolute atomic E-state index is 13.6. The number of hydrogen-bond donors (Lipinski definition) is 2. The fourth-order valence-electron chi connectivity index (χ4n) is 3.71. The summed E-state index contributed by atoms with van der Waals surface area (Å²) >= 11 is 0. The van der Waals surface area contributed by atoms with Crippen LogP contribution in [0.15, 0.2) is 24.3 Å². The van der Waals surface area contributed by atoms with Gasteiger partial charge in [-0.3, -0.25) is 9.69 Å². The minimum absolute atomic E-state index is 0.119. The van der Waals surface area contributed by atoms with Gasteiger partial charge in [0.15, 0.2) is 0 Å². The molecule has 0 aliphatic carbocycles. The van der Waals surface area contributed by atoms with Crippen molar-refractivity contribution in [3.8, 4) is 0 Å². The maximum atomic E-state index is 13.6. The van der Waals surface area contributed by atoms with Crippen LogP contribution in [0.4, 0.5) is 4.39 Å². The molecule has 1 amide bonds. The molecule has 1 atom stereocenters. The number of amides is 1. The van der Waals surface area contributed by atoms with Crippen molar-refractivity contribution in [2.24, 2.45) is 5.92 Å². The van der Waals surface area contributed by atoms with E-state index in [1.54, 1.807) is 12.1 Å². The number of nitrogens with one attached hydrogen (secondary N) is 2. The average molecular weight is 348 g/mol. The largest absolute Gasteiger partial charge is 0.351 e. The summed E-state index contributed by atoms with van der Waals surface area (Å²) in [6.07, 6.45) is 2.64. The van der Waals surface area contributed by atoms with Crippen molar-refractivity contribution in [3.63, 3.8) is 0 Å². The molecule has 6 heteroatoms. The molecule has 0 radical (unpaired) electrons. The van der Waals surface area contributed by atoms with Crippen molar-refractivity contribution in [1.82, 2.24) is 20.4 Å². The molecule has 2 aliphatic heterocycles. The number of benzene rings is 1. The molecular weight excluding hydrogens is 319 g/mol. The van der Waals surface area contributed by atoms with Crippen LogP contribution in [0.25, 0.3) is 0 Å². The van der Waals surface area contributed by atoms with Crippen LogP contribution in [0.5, 0.6) is 0 Å². The van der Waals surface area contributed by atoms with E-state index in [-0.39, 0.29) is 11.5 Å². The number of carbonyl (C=O) groups excluding carboxylic acids is 1. The monoisotopic (exact) mass is 348 g/mol. The number of nitrogens with zero attached hydrogens (tertiary/aromatic N) is 2. The fourth-order valence-corrected chi connectivity index (χ4v) is 3.71. The van der Waals surface area contributed by atoms with Gasteiger partial charge in [0, 0.05) is 45.8 Å². The minimum Gasteiger partial charge on any atom is -0.351 e. The Morgan fingerprint density at radius 1 is 1.20 bits per heavy atom. The molecule has 2 fully saturated rings. The van der Waals surface area contributed by atoms with Gasteiger partial charge >= 0.3 is 0 Å². The Balaban J connectivity index is 1.32. The van der Waals surface area contributed by atoms with Crippen molar-refractivity contribution in [2.75, 3.05) is 58.9 Å². The third kappa shape index (κ3) is 5.49. The van der Waals surface area contributed by atoms with E-state index in [0.29, 0.717) is 6.54 Å². The van der Waals surface area contributed by atoms with E-state index in [0.717, 1.165) is 45.2 Å². The summed E-state index contributed by atoms with van der Waals surface area (Å²) in [5.74, 6) is -0.00675. The minimum atomic E-state index is -0.467. The lowest BCUT2D eigenvalue weighted by molar-refractivity contribution is 0.0922. The van der Waals surface area contributed by atoms with Gasteiger partial charge in [-0.25, -0.2) is 4.39 Å². The van der Waals surface area contributed by atoms with Crippen LogP contribution < -0.4 is 10.6 Å². The zero-order chi connectivity index (χ0) is 17.5. The topological polar surface area (TPSA) is 47.6 Å². The molecule has 1 aromatic rings. The van der Waals surface area contributed by atoms with Crippen LogP contribution in [-0.2, 0) is 0 Å². The lowest BCUT2D eigenvalue weighted by Gasteiger charge is -2.37. The molecule has 2 N–H and O–H groups in total. The maximum Gasteiger partial charge on any atom is 0.254 e. The van der Waals surface area contributed by atoms with Crippen LogP contribution in [0, 0.1) is 11.7 Å². The first-order valence-electron chi connectivity index (χ1n) is 9.40. The molecule has 0 spiro atoms. The standard InChI is InChI=1S/C19H29FN4O/c20-18-6-2-1-5-17(18)19(25)22-8-9-23-10-12-24(13-11-23)15-16-4-3-7-21-14-16/h1-2,5-6,16,21H,3-4,7-15H2,(H,22,25). The summed E-state index contributed by atoms with van der Waals surface area (Å²) in [6, 6.07) is 6.10. The zero-order valence-electron chi connectivity index (χ0n) is 14.8. The Bertz CT molecular complexity index is 554. The van der Waals surface area contributed by atoms with Crippen molar-refractivity contribution in [2.45, 2.75) is 12.8 Å². The lowest BCUT2D eigenvalue weighted by atomic mass is 9.99. The van der Waals surface area contributed by atoms with Crippen LogP contribution in [0.1, 0.15) is 23.2 Å². The summed E-state index contributed by atoms with van der Waals surface area (Å²) in [5, 5.41) is 6.31. The first-order chi connectivity index (χ1) is 12.2. The van der Waals surface area contributed by atoms with Crippen LogP contribution in [-0.4, -0.2) is 74.6 Å². The van der Waals surface area contributed by atoms with Gasteiger partial charge in [-0.1, -0.05) is 12.1 Å². The first-order valence-corrected chi connectivity index (χ1v) is 9.40. The van der Waals surface area contributed by atoms with E-state index in [1.165, 1.54) is 38.1 Å². The SMILES string of the molecule is O=C(NCCN1CCN(CC2CCCNC2)CC1)c1ccccc1F. The fraction of sp³-hybridized carbons (Fsp3) is 0.632. The molecule has 25 heavy (non-hydrogen) atoms. The van der Waals surface area contributed by atoms with Gasteiger partial charge < -0.3 is 15.5 Å². The number of piperazine rings is 1. The predicted octanol–water partition coefficient (Wildman–Crippen LogP) is 1.17. The third-order valence-corrected chi connectivity index (χ3v) is 5.21. The second-order valence-corrected chi connectivity index (χ2v) is 7.09. The van der Waals surface area contributed by atoms with Gasteiger partial charge in [0.25, 0.3) is 5.91 Å². The molecule has 5 nitrogen and oxygen atoms in total. The molecule has 1 unspecified atom stereocenters. The highest BCUT2D eigenvalue weighted by molar-refractivity contribution is 5.94. The molecule has 3 rings (SSSR count). The van der Waals surface area contributed by atoms with Gasteiger partial charge in [-0.2, -0.15) is 0 Å². The zero-order valence-corrected chi connectivity index (χ0v) is 14.8. The Labute approximate surface area is 149 Å². The molecule has 0 aromatic heterocycles. The summed E-state index contributed by atoms with van der Waals surface area (Å²) in [4.78, 5) is 16.9. The molecule has 2 aliphatic rings. The first kappa shape index (κ1) is 18.3. The summed E-state index contributed by atoms with van der Waals surface area (Å²) in [6.45, 7) is 9.16. The Morgan fingerprint density at radius 3 is 2.68 bits per heavy atom. The quantitative estimate of drug-likeness (QED) is 0.810. The number of piperidine rings is 1. The Kier molecular flexibility index (Phi) is 6.78. The van der Waals surface area contributed by atoms with Gasteiger partial charge in [-0.05, 0) is 44.0 Å². The average Bonchev–Trinajstić information content (AvgIpc) is 2.64. The van der Waals surface area contributed by atoms with Gasteiger partial charge in [0.1, 0.15) is 5.82 Å². The number of halogens is 1. The van der Waals surface area contributed by atoms with Crippen LogP contribution in [0.3, 0.4) is 0 Å². The van der Waals surface area contributed by atoms with Gasteiger partial charge in [-0.15, -0.1) is 0 Å². The summed E-state index contributed by atoms with van der Waals surface area (Å²) in [7, 11) is 0. The normalized spacial score (nSPS) is 22.7. The molecule has 138 valence electrons. The molecule has 0 saturated carbocycles. The number of rotatable bonds is 6. The third-order valence-electron chi connectivity index (χ3n) is 5.21. The van der Waals surface area contributed by atoms with Crippen LogP contribution in [0.2, 0.25) is 0 Å². The van der Waals surface area contributed by atoms with Gasteiger partial charge in [0.05, 0.1) is 5.56 Å². The molecule has 1 aromatic carbocycles. The second kappa shape index (κ2) is 9.27. The Morgan fingerprint density at radius 2 is 1.96 bits per heavy atom. The van der Waals surface area contributed by atoms with E-state index in [9.17, 15) is 9.18 Å². The molecule has 2 heterocycles. The smallest absolute Gasteiger partial charge is 0.254 e. The lowest BCUT2D eigenvalue weighted by Crippen LogP contribution is -2.50. The van der Waals surface area contributed by atoms with Crippen molar-refractivity contribution in [3.05, 3.63) is 35.6 Å². The van der Waals surface area contributed by atoms with Crippen LogP contribution >= 0.6 is 0 Å². The van der Waals surface area contributed by atoms with E-state index < -0.39 is 5.82 Å². The number of carbonyl (C=O) groups is 1. The highest BCUT2D eigenvalue weighted by atomic mass is 19.1. The van der Waals surface area contributed by atoms with E-state index in [1.807, 2.05) is 0 Å². The molecule has 2 saturated heterocycles. The molecule has 0 bridgehead atoms. The van der Waals surface area contributed by atoms with Crippen molar-refractivity contribution in [1.29, 1.82) is 0 Å². The van der Waals surface area contributed by atoms with E-state index in [4.69, 9.17) is 0 Å². The summed E-state index contributed by atoms with van der Waals surface area (Å²) in [5.41, 5.74) is 0.119. The predicted molar refractivity (Wildman–Crippen MR) is 97.2 cm³/mol. The highest BCUT2D eigenvalue weighted by Gasteiger charge is 2.21. The highest BCUT2D eigenvalue weighted by Crippen LogP contribution is 2.13. The summed E-state index contributed by atoms with van der Waals surface area (Å²) < 4.78 is 13.6. The molecular formula is C19H29FN4O. The second-order valence-electron chi connectivity index (χ2n) is 7.09. The Hall–Kier alpha value is -1.50.